The van der Waals surface area contributed by atoms with Gasteiger partial charge in [0.2, 0.25) is 0 Å². The zero-order valence-electron chi connectivity index (χ0n) is 38.2. The largest absolute Gasteiger partial charge is 0.462 e. The molecular formula is C50H74Cl2N2O8. The van der Waals surface area contributed by atoms with Crippen molar-refractivity contribution in [1.29, 1.82) is 0 Å². The highest BCUT2D eigenvalue weighted by molar-refractivity contribution is 7.00. The summed E-state index contributed by atoms with van der Waals surface area (Å²) in [4.78, 5) is 61.7. The average molecular weight is 902 g/mol. The molecule has 0 heterocycles. The van der Waals surface area contributed by atoms with Crippen LogP contribution in [-0.4, -0.2) is 60.6 Å². The zero-order chi connectivity index (χ0) is 45.2. The molecule has 0 spiro atoms. The molecule has 0 aromatic heterocycles. The Kier molecular flexibility index (Phi) is 30.4. The highest BCUT2D eigenvalue weighted by atomic mass is 35.5. The van der Waals surface area contributed by atoms with Gasteiger partial charge >= 0.3 is 23.9 Å². The molecule has 0 aliphatic rings. The van der Waals surface area contributed by atoms with E-state index in [1.165, 1.54) is 62.1 Å². The van der Waals surface area contributed by atoms with Crippen LogP contribution in [0.1, 0.15) is 223 Å². The maximum absolute atomic E-state index is 13.2. The molecule has 346 valence electrons. The standard InChI is InChI=1S/C50H74Cl2N2O8/c1-5-9-13-17-21-25-29-59-47(55)39-33-40(48(56)60-30-26-22-18-14-10-6-2)36-43(35-39)53-45(51)46(52)54-44-37-41(49(57)61-31-27-23-19-15-11-7-3)34-42(38-44)50(58)62-32-28-24-20-16-12-8-4/h33-38H,5-32H2,1-4H3. The maximum Gasteiger partial charge on any atom is 0.338 e. The molecule has 62 heavy (non-hydrogen) atoms. The van der Waals surface area contributed by atoms with Crippen LogP contribution in [-0.2, 0) is 18.9 Å². The van der Waals surface area contributed by atoms with Gasteiger partial charge in [-0.2, -0.15) is 0 Å². The number of rotatable bonds is 35. The van der Waals surface area contributed by atoms with Gasteiger partial charge in [0, 0.05) is 0 Å². The van der Waals surface area contributed by atoms with E-state index < -0.39 is 23.9 Å². The number of carbonyl (C=O) groups is 4. The third-order valence-corrected chi connectivity index (χ3v) is 11.0. The first-order valence-corrected chi connectivity index (χ1v) is 24.4. The minimum atomic E-state index is -0.604. The Morgan fingerprint density at radius 3 is 0.790 bits per heavy atom. The minimum absolute atomic E-state index is 0.109. The van der Waals surface area contributed by atoms with E-state index in [0.717, 1.165) is 128 Å². The molecule has 0 saturated carbocycles. The normalized spacial score (nSPS) is 11.7. The highest BCUT2D eigenvalue weighted by Gasteiger charge is 2.18. The van der Waals surface area contributed by atoms with Gasteiger partial charge in [-0.15, -0.1) is 0 Å². The fraction of sp³-hybridized carbons (Fsp3) is 0.640. The summed E-state index contributed by atoms with van der Waals surface area (Å²) in [5.74, 6) is -2.42. The number of carbonyl (C=O) groups excluding carboxylic acids is 4. The van der Waals surface area contributed by atoms with Gasteiger partial charge in [-0.3, -0.25) is 0 Å². The SMILES string of the molecule is CCCCCCCCOC(=O)c1cc(N=C(Cl)C(Cl)=Nc2cc(C(=O)OCCCCCCCC)cc(C(=O)OCCCCCCCC)c2)cc(C(=O)OCCCCCCCC)c1. The van der Waals surface area contributed by atoms with Gasteiger partial charge in [-0.25, -0.2) is 29.2 Å². The predicted octanol–water partition coefficient (Wildman–Crippen LogP) is 15.0. The van der Waals surface area contributed by atoms with Gasteiger partial charge in [0.25, 0.3) is 0 Å². The maximum atomic E-state index is 13.2. The van der Waals surface area contributed by atoms with E-state index in [2.05, 4.69) is 37.7 Å². The molecule has 0 radical (unpaired) electrons. The van der Waals surface area contributed by atoms with Gasteiger partial charge in [0.05, 0.1) is 60.1 Å². The lowest BCUT2D eigenvalue weighted by atomic mass is 10.1. The number of aliphatic imine (C=N–C) groups is 2. The second kappa shape index (κ2) is 34.7. The first kappa shape index (κ1) is 54.4. The molecule has 0 aliphatic carbocycles. The van der Waals surface area contributed by atoms with E-state index in [9.17, 15) is 19.2 Å². The van der Waals surface area contributed by atoms with Crippen LogP contribution >= 0.6 is 23.2 Å². The van der Waals surface area contributed by atoms with Crippen LogP contribution in [0.15, 0.2) is 46.4 Å². The smallest absolute Gasteiger partial charge is 0.338 e. The van der Waals surface area contributed by atoms with Gasteiger partial charge in [0.1, 0.15) is 0 Å². The van der Waals surface area contributed by atoms with Crippen LogP contribution in [0.4, 0.5) is 11.4 Å². The Labute approximate surface area is 382 Å². The minimum Gasteiger partial charge on any atom is -0.462 e. The van der Waals surface area contributed by atoms with Crippen molar-refractivity contribution in [3.63, 3.8) is 0 Å². The lowest BCUT2D eigenvalue weighted by Gasteiger charge is -2.10. The number of halogens is 2. The molecule has 0 amide bonds. The van der Waals surface area contributed by atoms with Gasteiger partial charge < -0.3 is 18.9 Å². The van der Waals surface area contributed by atoms with Crippen molar-refractivity contribution >= 4 is 68.8 Å². The number of hydrogen-bond acceptors (Lipinski definition) is 10. The lowest BCUT2D eigenvalue weighted by Crippen LogP contribution is -2.11. The number of unbranched alkanes of at least 4 members (excludes halogenated alkanes) is 20. The first-order valence-electron chi connectivity index (χ1n) is 23.6. The summed E-state index contributed by atoms with van der Waals surface area (Å²) in [6, 6.07) is 8.69. The van der Waals surface area contributed by atoms with Crippen LogP contribution in [0.3, 0.4) is 0 Å². The van der Waals surface area contributed by atoms with E-state index in [-0.39, 0.29) is 70.4 Å². The molecule has 0 unspecified atom stereocenters. The monoisotopic (exact) mass is 900 g/mol. The second-order valence-corrected chi connectivity index (χ2v) is 16.7. The Hall–Kier alpha value is -3.76. The molecule has 10 nitrogen and oxygen atoms in total. The first-order chi connectivity index (χ1) is 30.1. The third kappa shape index (κ3) is 24.2. The molecule has 0 fully saturated rings. The third-order valence-electron chi connectivity index (χ3n) is 10.3. The Morgan fingerprint density at radius 1 is 0.355 bits per heavy atom. The molecular weight excluding hydrogens is 827 g/mol. The highest BCUT2D eigenvalue weighted by Crippen LogP contribution is 2.25. The van der Waals surface area contributed by atoms with Crippen molar-refractivity contribution in [2.45, 2.75) is 182 Å². The van der Waals surface area contributed by atoms with Crippen LogP contribution in [0.2, 0.25) is 0 Å². The van der Waals surface area contributed by atoms with Gasteiger partial charge in [-0.05, 0) is 62.1 Å². The van der Waals surface area contributed by atoms with E-state index in [0.29, 0.717) is 0 Å². The molecule has 0 N–H and O–H groups in total. The number of benzene rings is 2. The van der Waals surface area contributed by atoms with Crippen molar-refractivity contribution < 1.29 is 38.1 Å². The summed E-state index contributed by atoms with van der Waals surface area (Å²) in [6.07, 6.45) is 24.9. The molecule has 0 aliphatic heterocycles. The molecule has 0 atom stereocenters. The van der Waals surface area contributed by atoms with Gasteiger partial charge in [-0.1, -0.05) is 179 Å². The van der Waals surface area contributed by atoms with E-state index in [4.69, 9.17) is 42.1 Å². The van der Waals surface area contributed by atoms with Crippen LogP contribution in [0.25, 0.3) is 0 Å². The van der Waals surface area contributed by atoms with Gasteiger partial charge in [0.15, 0.2) is 10.3 Å². The zero-order valence-corrected chi connectivity index (χ0v) is 39.7. The Balaban J connectivity index is 2.35. The fourth-order valence-electron chi connectivity index (χ4n) is 6.66. The van der Waals surface area contributed by atoms with Crippen molar-refractivity contribution in [3.05, 3.63) is 58.7 Å². The van der Waals surface area contributed by atoms with Crippen molar-refractivity contribution in [3.8, 4) is 0 Å². The summed E-state index contributed by atoms with van der Waals surface area (Å²) in [5.41, 5.74) is 0.731. The summed E-state index contributed by atoms with van der Waals surface area (Å²) in [7, 11) is 0. The Morgan fingerprint density at radius 2 is 0.565 bits per heavy atom. The summed E-state index contributed by atoms with van der Waals surface area (Å²) < 4.78 is 22.3. The topological polar surface area (TPSA) is 130 Å². The second-order valence-electron chi connectivity index (χ2n) is 16.0. The van der Waals surface area contributed by atoms with Crippen molar-refractivity contribution in [2.75, 3.05) is 26.4 Å². The molecule has 2 aromatic carbocycles. The average Bonchev–Trinajstić information content (AvgIpc) is 3.27. The van der Waals surface area contributed by atoms with E-state index in [1.54, 1.807) is 0 Å². The van der Waals surface area contributed by atoms with Crippen molar-refractivity contribution in [1.82, 2.24) is 0 Å². The summed E-state index contributed by atoms with van der Waals surface area (Å²) in [5, 5.41) is -0.530. The molecule has 12 heteroatoms. The van der Waals surface area contributed by atoms with Crippen LogP contribution in [0.5, 0.6) is 0 Å². The summed E-state index contributed by atoms with van der Waals surface area (Å²) in [6.45, 7) is 9.64. The van der Waals surface area contributed by atoms with E-state index >= 15 is 0 Å². The fourth-order valence-corrected chi connectivity index (χ4v) is 6.94. The quantitative estimate of drug-likeness (QED) is 0.0289. The molecule has 0 saturated heterocycles. The van der Waals surface area contributed by atoms with Crippen LogP contribution < -0.4 is 0 Å². The number of ether oxygens (including phenoxy) is 4. The van der Waals surface area contributed by atoms with E-state index in [1.807, 2.05) is 0 Å². The number of esters is 4. The molecule has 2 rings (SSSR count). The molecule has 0 bridgehead atoms. The molecule has 2 aromatic rings. The predicted molar refractivity (Wildman–Crippen MR) is 253 cm³/mol. The number of nitrogens with zero attached hydrogens (tertiary/aromatic N) is 2. The van der Waals surface area contributed by atoms with Crippen LogP contribution in [0, 0.1) is 0 Å². The lowest BCUT2D eigenvalue weighted by molar-refractivity contribution is 0.0478. The van der Waals surface area contributed by atoms with Crippen molar-refractivity contribution in [2.24, 2.45) is 9.98 Å². The summed E-state index contributed by atoms with van der Waals surface area (Å²) >= 11 is 13.2. The Bertz CT molecular complexity index is 1460. The number of hydrogen-bond donors (Lipinski definition) is 0.